The summed E-state index contributed by atoms with van der Waals surface area (Å²) in [5, 5.41) is 2.97. The molecule has 1 N–H and O–H groups in total. The molecule has 0 radical (unpaired) electrons. The predicted molar refractivity (Wildman–Crippen MR) is 112 cm³/mol. The summed E-state index contributed by atoms with van der Waals surface area (Å²) in [6.07, 6.45) is 2.15. The number of rotatable bonds is 6. The molecule has 1 fully saturated rings. The zero-order chi connectivity index (χ0) is 20.1. The number of thioether (sulfide) groups is 1. The smallest absolute Gasteiger partial charge is 0.252 e. The molecule has 0 unspecified atom stereocenters. The molecule has 4 rings (SSSR count). The Labute approximate surface area is 174 Å². The number of carbonyl (C=O) groups is 2. The average Bonchev–Trinajstić information content (AvgIpc) is 3.31. The second-order valence-corrected chi connectivity index (χ2v) is 8.01. The largest absolute Gasteiger partial charge is 0.486 e. The van der Waals surface area contributed by atoms with Gasteiger partial charge in [-0.2, -0.15) is 0 Å². The summed E-state index contributed by atoms with van der Waals surface area (Å²) in [6, 6.07) is 13.1. The van der Waals surface area contributed by atoms with Crippen molar-refractivity contribution in [1.82, 2.24) is 10.2 Å². The fourth-order valence-electron chi connectivity index (χ4n) is 3.52. The molecule has 7 heteroatoms. The van der Waals surface area contributed by atoms with E-state index in [1.165, 1.54) is 11.8 Å². The van der Waals surface area contributed by atoms with Gasteiger partial charge in [0.15, 0.2) is 11.5 Å². The number of hydrogen-bond acceptors (Lipinski definition) is 5. The van der Waals surface area contributed by atoms with Crippen molar-refractivity contribution in [2.75, 3.05) is 32.1 Å². The average molecular weight is 413 g/mol. The quantitative estimate of drug-likeness (QED) is 0.739. The first-order chi connectivity index (χ1) is 14.2. The van der Waals surface area contributed by atoms with E-state index in [1.54, 1.807) is 6.07 Å². The Bertz CT molecular complexity index is 896. The van der Waals surface area contributed by atoms with Gasteiger partial charge in [-0.05, 0) is 31.0 Å². The minimum absolute atomic E-state index is 0.135. The van der Waals surface area contributed by atoms with Crippen molar-refractivity contribution < 1.29 is 19.1 Å². The Morgan fingerprint density at radius 1 is 1.00 bits per heavy atom. The highest BCUT2D eigenvalue weighted by Crippen LogP contribution is 2.33. The summed E-state index contributed by atoms with van der Waals surface area (Å²) in [5.74, 6) is 1.71. The zero-order valence-corrected chi connectivity index (χ0v) is 17.0. The van der Waals surface area contributed by atoms with Crippen LogP contribution in [0.2, 0.25) is 0 Å². The maximum Gasteiger partial charge on any atom is 0.252 e. The van der Waals surface area contributed by atoms with Crippen LogP contribution in [0.5, 0.6) is 11.5 Å². The molecule has 0 spiro atoms. The summed E-state index contributed by atoms with van der Waals surface area (Å²) in [6.45, 7) is 3.06. The number of fused-ring (bicyclic) bond motifs is 1. The van der Waals surface area contributed by atoms with Crippen LogP contribution in [-0.4, -0.2) is 48.8 Å². The molecule has 152 valence electrons. The van der Waals surface area contributed by atoms with Gasteiger partial charge in [-0.15, -0.1) is 11.8 Å². The highest BCUT2D eigenvalue weighted by atomic mass is 32.2. The molecule has 2 amide bonds. The Morgan fingerprint density at radius 3 is 2.66 bits per heavy atom. The van der Waals surface area contributed by atoms with Crippen LogP contribution in [0.15, 0.2) is 47.4 Å². The molecule has 2 aliphatic rings. The molecular weight excluding hydrogens is 388 g/mol. The fourth-order valence-corrected chi connectivity index (χ4v) is 4.47. The van der Waals surface area contributed by atoms with Crippen LogP contribution >= 0.6 is 11.8 Å². The third-order valence-electron chi connectivity index (χ3n) is 5.03. The lowest BCUT2D eigenvalue weighted by Gasteiger charge is -2.21. The molecule has 2 aromatic rings. The summed E-state index contributed by atoms with van der Waals surface area (Å²) in [7, 11) is 0. The molecule has 0 aromatic heterocycles. The van der Waals surface area contributed by atoms with E-state index in [4.69, 9.17) is 9.47 Å². The highest BCUT2D eigenvalue weighted by Gasteiger charge is 2.20. The lowest BCUT2D eigenvalue weighted by molar-refractivity contribution is -0.127. The van der Waals surface area contributed by atoms with Gasteiger partial charge in [-0.1, -0.05) is 24.3 Å². The number of carbonyl (C=O) groups excluding carboxylic acids is 2. The van der Waals surface area contributed by atoms with Crippen molar-refractivity contribution in [2.45, 2.75) is 24.3 Å². The van der Waals surface area contributed by atoms with Crippen LogP contribution in [0.1, 0.15) is 28.8 Å². The van der Waals surface area contributed by atoms with Crippen LogP contribution in [0.4, 0.5) is 0 Å². The lowest BCUT2D eigenvalue weighted by Crippen LogP contribution is -2.29. The monoisotopic (exact) mass is 412 g/mol. The van der Waals surface area contributed by atoms with Crippen molar-refractivity contribution in [3.05, 3.63) is 53.6 Å². The Balaban J connectivity index is 1.39. The van der Waals surface area contributed by atoms with Gasteiger partial charge >= 0.3 is 0 Å². The van der Waals surface area contributed by atoms with Gasteiger partial charge in [-0.25, -0.2) is 0 Å². The van der Waals surface area contributed by atoms with Crippen molar-refractivity contribution in [3.8, 4) is 11.5 Å². The third kappa shape index (κ3) is 4.67. The van der Waals surface area contributed by atoms with Gasteiger partial charge in [0.1, 0.15) is 13.2 Å². The predicted octanol–water partition coefficient (Wildman–Crippen LogP) is 3.10. The molecule has 0 saturated carbocycles. The van der Waals surface area contributed by atoms with Crippen LogP contribution in [0.25, 0.3) is 0 Å². The molecule has 29 heavy (non-hydrogen) atoms. The summed E-state index contributed by atoms with van der Waals surface area (Å²) in [4.78, 5) is 27.9. The normalized spacial score (nSPS) is 15.2. The Kier molecular flexibility index (Phi) is 6.24. The lowest BCUT2D eigenvalue weighted by atomic mass is 10.1. The van der Waals surface area contributed by atoms with Gasteiger partial charge < -0.3 is 19.7 Å². The molecule has 6 nitrogen and oxygen atoms in total. The first kappa shape index (κ1) is 19.6. The molecule has 0 atom stereocenters. The van der Waals surface area contributed by atoms with E-state index >= 15 is 0 Å². The zero-order valence-electron chi connectivity index (χ0n) is 16.2. The van der Waals surface area contributed by atoms with Gasteiger partial charge in [-0.3, -0.25) is 9.59 Å². The Morgan fingerprint density at radius 2 is 1.79 bits per heavy atom. The first-order valence-corrected chi connectivity index (χ1v) is 10.9. The maximum absolute atomic E-state index is 12.8. The van der Waals surface area contributed by atoms with Gasteiger partial charge in [0.05, 0.1) is 11.3 Å². The van der Waals surface area contributed by atoms with Crippen LogP contribution in [0.3, 0.4) is 0 Å². The fraction of sp³-hybridized carbons (Fsp3) is 0.364. The van der Waals surface area contributed by atoms with E-state index < -0.39 is 0 Å². The number of likely N-dealkylation sites (tertiary alicyclic amines) is 1. The standard InChI is InChI=1S/C22H24N2O4S/c25-20(24-10-3-4-11-24)15-29-19-9-2-1-7-17(19)22(26)23-14-16-6-5-8-18-21(16)28-13-12-27-18/h1-2,5-9H,3-4,10-15H2,(H,23,26). The van der Waals surface area contributed by atoms with Gasteiger partial charge in [0.25, 0.3) is 5.91 Å². The van der Waals surface area contributed by atoms with E-state index in [0.717, 1.165) is 36.4 Å². The van der Waals surface area contributed by atoms with Crippen molar-refractivity contribution in [2.24, 2.45) is 0 Å². The van der Waals surface area contributed by atoms with Crippen molar-refractivity contribution in [3.63, 3.8) is 0 Å². The second kappa shape index (κ2) is 9.22. The number of amides is 2. The van der Waals surface area contributed by atoms with E-state index in [1.807, 2.05) is 41.3 Å². The number of ether oxygens (including phenoxy) is 2. The van der Waals surface area contributed by atoms with Gasteiger partial charge in [0.2, 0.25) is 5.91 Å². The van der Waals surface area contributed by atoms with Gasteiger partial charge in [0, 0.05) is 30.1 Å². The van der Waals surface area contributed by atoms with E-state index in [9.17, 15) is 9.59 Å². The Hall–Kier alpha value is -2.67. The van der Waals surface area contributed by atoms with E-state index in [-0.39, 0.29) is 11.8 Å². The molecule has 2 aromatic carbocycles. The first-order valence-electron chi connectivity index (χ1n) is 9.87. The van der Waals surface area contributed by atoms with Crippen LogP contribution in [-0.2, 0) is 11.3 Å². The number of nitrogens with one attached hydrogen (secondary N) is 1. The molecule has 0 bridgehead atoms. The van der Waals surface area contributed by atoms with Crippen molar-refractivity contribution >= 4 is 23.6 Å². The minimum atomic E-state index is -0.170. The number of benzene rings is 2. The third-order valence-corrected chi connectivity index (χ3v) is 6.09. The maximum atomic E-state index is 12.8. The second-order valence-electron chi connectivity index (χ2n) is 7.00. The minimum Gasteiger partial charge on any atom is -0.486 e. The summed E-state index contributed by atoms with van der Waals surface area (Å²) >= 11 is 1.42. The molecule has 2 heterocycles. The molecule has 0 aliphatic carbocycles. The summed E-state index contributed by atoms with van der Waals surface area (Å²) in [5.41, 5.74) is 1.46. The molecule has 2 aliphatic heterocycles. The number of para-hydroxylation sites is 1. The number of nitrogens with zero attached hydrogens (tertiary/aromatic N) is 1. The van der Waals surface area contributed by atoms with E-state index in [2.05, 4.69) is 5.32 Å². The molecule has 1 saturated heterocycles. The summed E-state index contributed by atoms with van der Waals surface area (Å²) < 4.78 is 11.3. The molecular formula is C22H24N2O4S. The van der Waals surface area contributed by atoms with Crippen LogP contribution in [0, 0.1) is 0 Å². The highest BCUT2D eigenvalue weighted by molar-refractivity contribution is 8.00. The topological polar surface area (TPSA) is 67.9 Å². The number of hydrogen-bond donors (Lipinski definition) is 1. The van der Waals surface area contributed by atoms with Crippen LogP contribution < -0.4 is 14.8 Å². The van der Waals surface area contributed by atoms with Crippen molar-refractivity contribution in [1.29, 1.82) is 0 Å². The SMILES string of the molecule is O=C(NCc1cccc2c1OCCO2)c1ccccc1SCC(=O)N1CCCC1. The van der Waals surface area contributed by atoms with E-state index in [0.29, 0.717) is 42.6 Å².